The van der Waals surface area contributed by atoms with Gasteiger partial charge in [0.05, 0.1) is 21.1 Å². The summed E-state index contributed by atoms with van der Waals surface area (Å²) in [4.78, 5) is 17.9. The Kier molecular flexibility index (Phi) is 16.2. The average Bonchev–Trinajstić information content (AvgIpc) is 3.26. The van der Waals surface area contributed by atoms with Gasteiger partial charge in [0.1, 0.15) is 34.7 Å². The number of carbonyl (C=O) groups excluding carboxylic acids is 2. The number of fused-ring (bicyclic) bond motifs is 2. The monoisotopic (exact) mass is 762 g/mol. The molecule has 0 saturated carbocycles. The third-order valence-corrected chi connectivity index (χ3v) is 10.6. The molecule has 2 aliphatic heterocycles. The van der Waals surface area contributed by atoms with Crippen molar-refractivity contribution in [3.05, 3.63) is 94.7 Å². The number of benzene rings is 2. The predicted molar refractivity (Wildman–Crippen MR) is 195 cm³/mol. The maximum absolute atomic E-state index is 11.9. The van der Waals surface area contributed by atoms with E-state index in [4.69, 9.17) is 14.0 Å². The Labute approximate surface area is 330 Å². The predicted octanol–water partition coefficient (Wildman–Crippen LogP) is 2.79. The largest absolute Gasteiger partial charge is 1.00 e. The molecule has 1 unspecified atom stereocenters. The molecule has 52 heavy (non-hydrogen) atoms. The van der Waals surface area contributed by atoms with Crippen molar-refractivity contribution in [2.24, 2.45) is 0 Å². The number of allylic oxidation sites excluding steroid dienone is 5. The van der Waals surface area contributed by atoms with Crippen LogP contribution >= 0.6 is 0 Å². The van der Waals surface area contributed by atoms with E-state index in [1.807, 2.05) is 49.1 Å². The first kappa shape index (κ1) is 45.0. The third kappa shape index (κ3) is 11.2. The van der Waals surface area contributed by atoms with Gasteiger partial charge in [-0.1, -0.05) is 52.3 Å². The molecule has 3 aliphatic rings. The summed E-state index contributed by atoms with van der Waals surface area (Å²) in [6.07, 6.45) is 11.2. The summed E-state index contributed by atoms with van der Waals surface area (Å²) in [6.45, 7) is 16.8. The van der Waals surface area contributed by atoms with Crippen LogP contribution in [0, 0.1) is 0 Å². The van der Waals surface area contributed by atoms with Crippen molar-refractivity contribution in [3.8, 4) is 11.3 Å². The van der Waals surface area contributed by atoms with E-state index in [1.54, 1.807) is 6.07 Å². The summed E-state index contributed by atoms with van der Waals surface area (Å²) in [6, 6.07) is 12.7. The Morgan fingerprint density at radius 3 is 2.15 bits per heavy atom. The zero-order valence-corrected chi connectivity index (χ0v) is 34.9. The van der Waals surface area contributed by atoms with E-state index in [0.29, 0.717) is 23.4 Å². The fourth-order valence-corrected chi connectivity index (χ4v) is 7.61. The second kappa shape index (κ2) is 18.8. The van der Waals surface area contributed by atoms with Crippen LogP contribution in [0.25, 0.3) is 17.4 Å². The minimum Gasteiger partial charge on any atom is -0.748 e. The number of hydrogen-bond donors (Lipinski definition) is 0. The van der Waals surface area contributed by atoms with E-state index in [9.17, 15) is 25.9 Å². The molecule has 0 spiro atoms. The Morgan fingerprint density at radius 2 is 1.60 bits per heavy atom. The van der Waals surface area contributed by atoms with E-state index in [-0.39, 0.29) is 59.0 Å². The molecule has 0 aromatic heterocycles. The Balaban J connectivity index is 0.00000226. The summed E-state index contributed by atoms with van der Waals surface area (Å²) >= 11 is 0. The van der Waals surface area contributed by atoms with Gasteiger partial charge >= 0.3 is 35.7 Å². The Hall–Kier alpha value is -3.13. The van der Waals surface area contributed by atoms with Crippen LogP contribution in [-0.4, -0.2) is 57.5 Å². The minimum atomic E-state index is -4.69. The van der Waals surface area contributed by atoms with Gasteiger partial charge in [0.2, 0.25) is 5.36 Å². The van der Waals surface area contributed by atoms with Gasteiger partial charge in [-0.3, -0.25) is 0 Å². The first-order valence-corrected chi connectivity index (χ1v) is 19.9. The minimum absolute atomic E-state index is 0. The average molecular weight is 763 g/mol. The van der Waals surface area contributed by atoms with E-state index in [0.717, 1.165) is 41.9 Å². The van der Waals surface area contributed by atoms with Crippen molar-refractivity contribution in [2.45, 2.75) is 83.5 Å². The van der Waals surface area contributed by atoms with E-state index in [1.165, 1.54) is 17.7 Å². The quantitative estimate of drug-likeness (QED) is 0.116. The standard InChI is InChI=1S/C37H48N2O7S2.CO2.Na/c1-8-21-37(7)32-26-29(48(43,44)45)18-20-33(32)39(22-14-23-47(40,41)42)35(37)16-13-11-12-15-28-25-31(36(4,5)6)30-19-17-27(24-34(30)46-28)38(9-2)10-3;2-1-3;/h11-13,15-20,24-26H,8-10,14,21-23H2,1-7H3,(H-,40,41,42,43,44,45);;/q;;+1/p-1. The first-order valence-electron chi connectivity index (χ1n) is 16.9. The van der Waals surface area contributed by atoms with Gasteiger partial charge in [-0.2, -0.15) is 9.59 Å². The van der Waals surface area contributed by atoms with Crippen LogP contribution < -0.4 is 44.4 Å². The van der Waals surface area contributed by atoms with Gasteiger partial charge in [-0.25, -0.2) is 21.4 Å². The summed E-state index contributed by atoms with van der Waals surface area (Å²) in [5.74, 6) is 0.994. The molecule has 4 rings (SSSR count). The van der Waals surface area contributed by atoms with Gasteiger partial charge in [0, 0.05) is 40.7 Å². The zero-order chi connectivity index (χ0) is 38.2. The van der Waals surface area contributed by atoms with Crippen LogP contribution in [0.4, 0.5) is 5.69 Å². The Bertz CT molecular complexity index is 2100. The Morgan fingerprint density at radius 1 is 0.942 bits per heavy atom. The summed E-state index contributed by atoms with van der Waals surface area (Å²) in [5.41, 5.74) is 3.66. The van der Waals surface area contributed by atoms with Crippen molar-refractivity contribution in [1.29, 1.82) is 0 Å². The molecule has 276 valence electrons. The molecule has 0 saturated heterocycles. The molecular weight excluding hydrogens is 716 g/mol. The SMILES string of the molecule is CCCC1(C)/C(=C/C=C/C=C/c2cc(C(C)(C)C)c3ccc(=[N+](CC)CC)cc-3o2)N(CCCS(=O)(=O)[O-])c2ccc(S(=O)(=O)[O-])cc21.O=C=O.[Na+]. The van der Waals surface area contributed by atoms with Crippen LogP contribution in [0.1, 0.15) is 84.6 Å². The second-order valence-electron chi connectivity index (χ2n) is 13.5. The van der Waals surface area contributed by atoms with Crippen LogP contribution in [0.3, 0.4) is 0 Å². The fourth-order valence-electron chi connectivity index (χ4n) is 6.63. The van der Waals surface area contributed by atoms with Crippen molar-refractivity contribution in [3.63, 3.8) is 0 Å². The molecule has 1 aliphatic carbocycles. The van der Waals surface area contributed by atoms with Crippen molar-refractivity contribution >= 4 is 38.2 Å². The summed E-state index contributed by atoms with van der Waals surface area (Å²) in [5, 5.41) is 1.11. The molecule has 1 aromatic carbocycles. The maximum Gasteiger partial charge on any atom is 1.00 e. The van der Waals surface area contributed by atoms with Crippen LogP contribution in [0.15, 0.2) is 81.8 Å². The van der Waals surface area contributed by atoms with Gasteiger partial charge < -0.3 is 18.4 Å². The van der Waals surface area contributed by atoms with E-state index in [2.05, 4.69) is 63.5 Å². The van der Waals surface area contributed by atoms with Crippen LogP contribution in [-0.2, 0) is 40.7 Å². The van der Waals surface area contributed by atoms with Gasteiger partial charge in [-0.05, 0) is 92.6 Å². The molecule has 0 fully saturated rings. The molecule has 0 amide bonds. The zero-order valence-electron chi connectivity index (χ0n) is 31.3. The maximum atomic E-state index is 11.9. The molecule has 0 bridgehead atoms. The summed E-state index contributed by atoms with van der Waals surface area (Å²) < 4.78 is 78.5. The molecule has 1 atom stereocenters. The van der Waals surface area contributed by atoms with Crippen molar-refractivity contribution < 1.29 is 69.5 Å². The van der Waals surface area contributed by atoms with Crippen molar-refractivity contribution in [2.75, 3.05) is 30.3 Å². The molecule has 11 nitrogen and oxygen atoms in total. The third-order valence-electron chi connectivity index (χ3n) is 8.97. The van der Waals surface area contributed by atoms with E-state index >= 15 is 0 Å². The normalized spacial score (nSPS) is 16.9. The van der Waals surface area contributed by atoms with Crippen LogP contribution in [0.5, 0.6) is 0 Å². The molecule has 2 heterocycles. The number of nitrogens with zero attached hydrogens (tertiary/aromatic N) is 2. The van der Waals surface area contributed by atoms with Gasteiger partial charge in [0.15, 0.2) is 0 Å². The number of hydrogen-bond acceptors (Lipinski definition) is 10. The molecule has 0 N–H and O–H groups in total. The fraction of sp³-hybridized carbons (Fsp3) is 0.421. The van der Waals surface area contributed by atoms with Crippen molar-refractivity contribution in [1.82, 2.24) is 4.58 Å². The second-order valence-corrected chi connectivity index (χ2v) is 16.4. The van der Waals surface area contributed by atoms with E-state index < -0.39 is 31.4 Å². The van der Waals surface area contributed by atoms with Gasteiger partial charge in [-0.15, -0.1) is 0 Å². The topological polar surface area (TPSA) is 168 Å². The molecule has 0 radical (unpaired) electrons. The number of rotatable bonds is 12. The van der Waals surface area contributed by atoms with Gasteiger partial charge in [0.25, 0.3) is 0 Å². The smallest absolute Gasteiger partial charge is 0.748 e. The first-order chi connectivity index (χ1) is 23.8. The molecular formula is C38H47N2NaO9S2. The molecule has 14 heteroatoms. The van der Waals surface area contributed by atoms with Crippen LogP contribution in [0.2, 0.25) is 0 Å². The number of anilines is 1. The molecule has 1 aromatic rings. The summed E-state index contributed by atoms with van der Waals surface area (Å²) in [7, 11) is -9.10.